The van der Waals surface area contributed by atoms with Gasteiger partial charge < -0.3 is 15.0 Å². The topological polar surface area (TPSA) is 106 Å². The van der Waals surface area contributed by atoms with E-state index in [0.29, 0.717) is 22.3 Å². The second kappa shape index (κ2) is 10.5. The van der Waals surface area contributed by atoms with Gasteiger partial charge in [-0.2, -0.15) is 5.48 Å². The molecule has 1 aliphatic rings. The first-order valence-corrected chi connectivity index (χ1v) is 11.9. The minimum absolute atomic E-state index is 0.240. The van der Waals surface area contributed by atoms with Gasteiger partial charge in [0, 0.05) is 29.8 Å². The number of rotatable bonds is 8. The van der Waals surface area contributed by atoms with Crippen LogP contribution in [0.5, 0.6) is 0 Å². The Morgan fingerprint density at radius 2 is 2.06 bits per heavy atom. The second-order valence-corrected chi connectivity index (χ2v) is 9.40. The summed E-state index contributed by atoms with van der Waals surface area (Å²) < 4.78 is 1.80. The smallest absolute Gasteiger partial charge is 0.257 e. The van der Waals surface area contributed by atoms with Crippen molar-refractivity contribution in [1.29, 1.82) is 0 Å². The number of nitrogens with two attached hydrogens (primary N) is 1. The number of anilines is 1. The maximum absolute atomic E-state index is 13.3. The fourth-order valence-corrected chi connectivity index (χ4v) is 5.18. The summed E-state index contributed by atoms with van der Waals surface area (Å²) in [5.74, 6) is 0.242. The lowest BCUT2D eigenvalue weighted by atomic mass is 9.90. The Bertz CT molecular complexity index is 1130. The lowest BCUT2D eigenvalue weighted by Gasteiger charge is -2.19. The summed E-state index contributed by atoms with van der Waals surface area (Å²) in [6.45, 7) is 1.78. The average Bonchev–Trinajstić information content (AvgIpc) is 3.47. The fourth-order valence-electron chi connectivity index (χ4n) is 4.31. The van der Waals surface area contributed by atoms with Gasteiger partial charge in [0.1, 0.15) is 6.33 Å². The fraction of sp³-hybridized carbons (Fsp3) is 0.375. The predicted molar refractivity (Wildman–Crippen MR) is 126 cm³/mol. The van der Waals surface area contributed by atoms with Gasteiger partial charge in [0.25, 0.3) is 5.91 Å². The molecule has 2 aromatic carbocycles. The van der Waals surface area contributed by atoms with Crippen LogP contribution in [0.1, 0.15) is 66.1 Å². The Hall–Kier alpha value is -2.72. The number of amides is 1. The molecule has 0 bridgehead atoms. The molecular weight excluding hydrogens is 438 g/mol. The molecule has 1 aromatic heterocycles. The van der Waals surface area contributed by atoms with Crippen molar-refractivity contribution in [3.63, 3.8) is 0 Å². The van der Waals surface area contributed by atoms with Crippen molar-refractivity contribution in [2.75, 3.05) is 12.4 Å². The van der Waals surface area contributed by atoms with Crippen LogP contribution in [-0.2, 0) is 11.9 Å². The molecule has 4 N–H and O–H groups in total. The second-order valence-electron chi connectivity index (χ2n) is 8.39. The number of aliphatic hydroxyl groups is 1. The van der Waals surface area contributed by atoms with Crippen molar-refractivity contribution < 1.29 is 20.2 Å². The predicted octanol–water partition coefficient (Wildman–Crippen LogP) is 3.69. The molecule has 3 aromatic rings. The zero-order chi connectivity index (χ0) is 23.4. The Labute approximate surface area is 197 Å². The number of carbonyl (C=O) groups is 1. The number of aryl methyl sites for hydroxylation is 1. The molecule has 1 fully saturated rings. The molecule has 0 radical (unpaired) electrons. The summed E-state index contributed by atoms with van der Waals surface area (Å²) in [4.78, 5) is 19.2. The minimum Gasteiger partial charge on any atom is -0.389 e. The highest BCUT2D eigenvalue weighted by Crippen LogP contribution is 2.38. The van der Waals surface area contributed by atoms with E-state index in [2.05, 4.69) is 21.6 Å². The number of nitrogens with one attached hydrogen (secondary N) is 1. The summed E-state index contributed by atoms with van der Waals surface area (Å²) in [5.41, 5.74) is 5.62. The number of hydrogen-bond acceptors (Lipinski definition) is 6. The molecule has 9 heteroatoms. The first-order valence-electron chi connectivity index (χ1n) is 11.1. The molecule has 0 saturated heterocycles. The molecular formula is C24H30N5O3S+. The van der Waals surface area contributed by atoms with Gasteiger partial charge in [-0.1, -0.05) is 18.9 Å². The minimum atomic E-state index is -0.598. The van der Waals surface area contributed by atoms with E-state index in [1.165, 1.54) is 30.2 Å². The van der Waals surface area contributed by atoms with E-state index in [-0.39, 0.29) is 5.91 Å². The molecule has 0 aliphatic heterocycles. The van der Waals surface area contributed by atoms with Gasteiger partial charge in [0.15, 0.2) is 10.8 Å². The summed E-state index contributed by atoms with van der Waals surface area (Å²) >= 11 is 1.37. The quantitative estimate of drug-likeness (QED) is 0.344. The number of benzene rings is 2. The molecule has 1 atom stereocenters. The van der Waals surface area contributed by atoms with E-state index in [1.807, 2.05) is 31.3 Å². The third-order valence-corrected chi connectivity index (χ3v) is 7.09. The van der Waals surface area contributed by atoms with Crippen molar-refractivity contribution in [3.05, 3.63) is 59.4 Å². The monoisotopic (exact) mass is 468 g/mol. The highest BCUT2D eigenvalue weighted by molar-refractivity contribution is 7.99. The van der Waals surface area contributed by atoms with E-state index in [9.17, 15) is 9.90 Å². The average molecular weight is 469 g/mol. The lowest BCUT2D eigenvalue weighted by Crippen LogP contribution is -2.75. The van der Waals surface area contributed by atoms with Gasteiger partial charge in [0.2, 0.25) is 0 Å². The van der Waals surface area contributed by atoms with Gasteiger partial charge in [-0.3, -0.25) is 4.79 Å². The molecule has 1 heterocycles. The highest BCUT2D eigenvalue weighted by Gasteiger charge is 2.23. The number of quaternary nitrogens is 1. The molecule has 1 aliphatic carbocycles. The normalized spacial score (nSPS) is 15.0. The zero-order valence-corrected chi connectivity index (χ0v) is 19.9. The molecule has 0 spiro atoms. The van der Waals surface area contributed by atoms with Crippen molar-refractivity contribution in [1.82, 2.24) is 14.8 Å². The SMILES string of the molecule is CO[NH2+]c1ccc(Sc2nncn2C)c(C(=O)Nc2ccc(C3CCCC3)c(C(C)O)c2)c1. The summed E-state index contributed by atoms with van der Waals surface area (Å²) in [6, 6.07) is 11.4. The van der Waals surface area contributed by atoms with Gasteiger partial charge in [-0.15, -0.1) is 10.2 Å². The van der Waals surface area contributed by atoms with Crippen LogP contribution in [0.2, 0.25) is 0 Å². The van der Waals surface area contributed by atoms with Gasteiger partial charge in [-0.25, -0.2) is 4.84 Å². The molecule has 4 rings (SSSR count). The van der Waals surface area contributed by atoms with Crippen LogP contribution in [0.15, 0.2) is 52.8 Å². The van der Waals surface area contributed by atoms with Crippen molar-refractivity contribution in [2.24, 2.45) is 7.05 Å². The lowest BCUT2D eigenvalue weighted by molar-refractivity contribution is -0.830. The first-order chi connectivity index (χ1) is 16.0. The van der Waals surface area contributed by atoms with Crippen LogP contribution in [-0.4, -0.2) is 32.9 Å². The molecule has 8 nitrogen and oxygen atoms in total. The number of carbonyl (C=O) groups excluding carboxylic acids is 1. The van der Waals surface area contributed by atoms with Gasteiger partial charge >= 0.3 is 0 Å². The Balaban J connectivity index is 1.62. The van der Waals surface area contributed by atoms with Gasteiger partial charge in [-0.05, 0) is 66.8 Å². The molecule has 174 valence electrons. The Kier molecular flexibility index (Phi) is 7.44. The molecule has 1 saturated carbocycles. The summed E-state index contributed by atoms with van der Waals surface area (Å²) in [6.07, 6.45) is 5.78. The molecule has 1 unspecified atom stereocenters. The van der Waals surface area contributed by atoms with Crippen LogP contribution < -0.4 is 10.8 Å². The number of aliphatic hydroxyl groups excluding tert-OH is 1. The zero-order valence-electron chi connectivity index (χ0n) is 19.1. The highest BCUT2D eigenvalue weighted by atomic mass is 32.2. The Morgan fingerprint density at radius 3 is 2.73 bits per heavy atom. The third kappa shape index (κ3) is 5.44. The molecule has 1 amide bonds. The van der Waals surface area contributed by atoms with Crippen LogP contribution in [0, 0.1) is 0 Å². The van der Waals surface area contributed by atoms with Crippen LogP contribution >= 0.6 is 11.8 Å². The van der Waals surface area contributed by atoms with Crippen LogP contribution in [0.25, 0.3) is 0 Å². The number of aromatic nitrogens is 3. The summed E-state index contributed by atoms with van der Waals surface area (Å²) in [5, 5.41) is 22.1. The van der Waals surface area contributed by atoms with Crippen molar-refractivity contribution >= 4 is 29.0 Å². The number of hydrogen-bond donors (Lipinski definition) is 3. The van der Waals surface area contributed by atoms with Crippen LogP contribution in [0.3, 0.4) is 0 Å². The van der Waals surface area contributed by atoms with Crippen LogP contribution in [0.4, 0.5) is 11.4 Å². The largest absolute Gasteiger partial charge is 0.389 e. The third-order valence-electron chi connectivity index (χ3n) is 5.96. The van der Waals surface area contributed by atoms with E-state index >= 15 is 0 Å². The van der Waals surface area contributed by atoms with E-state index in [0.717, 1.165) is 29.0 Å². The van der Waals surface area contributed by atoms with Crippen molar-refractivity contribution in [2.45, 2.75) is 54.7 Å². The van der Waals surface area contributed by atoms with E-state index < -0.39 is 6.10 Å². The summed E-state index contributed by atoms with van der Waals surface area (Å²) in [7, 11) is 3.43. The number of nitrogens with zero attached hydrogens (tertiary/aromatic N) is 3. The molecule has 33 heavy (non-hydrogen) atoms. The maximum atomic E-state index is 13.3. The van der Waals surface area contributed by atoms with Gasteiger partial charge in [0.05, 0.1) is 18.8 Å². The first kappa shape index (κ1) is 23.4. The Morgan fingerprint density at radius 1 is 1.27 bits per heavy atom. The van der Waals surface area contributed by atoms with E-state index in [4.69, 9.17) is 4.84 Å². The van der Waals surface area contributed by atoms with Crippen molar-refractivity contribution in [3.8, 4) is 0 Å². The standard InChI is InChI=1S/C24H29N5O3S/c1-15(30)20-12-17(8-10-19(20)16-6-4-5-7-16)26-23(31)21-13-18(28-32-3)9-11-22(21)33-24-27-25-14-29(24)2/h8-16,28,30H,4-7H2,1-3H3,(H,26,31)/p+1. The maximum Gasteiger partial charge on any atom is 0.257 e. The van der Waals surface area contributed by atoms with E-state index in [1.54, 1.807) is 36.5 Å².